The Morgan fingerprint density at radius 1 is 0.897 bits per heavy atom. The molecule has 3 rings (SSSR count). The van der Waals surface area contributed by atoms with Gasteiger partial charge < -0.3 is 14.8 Å². The smallest absolute Gasteiger partial charge is 0.339 e. The fraction of sp³-hybridized carbons (Fsp3) is 0.167. The summed E-state index contributed by atoms with van der Waals surface area (Å²) in [5.41, 5.74) is 3.58. The Kier molecular flexibility index (Phi) is 6.29. The van der Waals surface area contributed by atoms with Crippen molar-refractivity contribution in [3.63, 3.8) is 0 Å². The number of aryl methyl sites for hydroxylation is 2. The van der Waals surface area contributed by atoms with Gasteiger partial charge in [0.2, 0.25) is 6.10 Å². The molecule has 0 bridgehead atoms. The van der Waals surface area contributed by atoms with Crippen LogP contribution in [0.15, 0.2) is 72.8 Å². The zero-order valence-electron chi connectivity index (χ0n) is 16.6. The molecule has 0 aliphatic heterocycles. The van der Waals surface area contributed by atoms with Gasteiger partial charge in [-0.3, -0.25) is 4.79 Å². The van der Waals surface area contributed by atoms with Crippen molar-refractivity contribution < 1.29 is 19.1 Å². The first-order chi connectivity index (χ1) is 14.0. The Hall–Kier alpha value is -3.60. The lowest BCUT2D eigenvalue weighted by molar-refractivity contribution is -0.125. The quantitative estimate of drug-likeness (QED) is 0.612. The largest absolute Gasteiger partial charge is 0.497 e. The number of methoxy groups -OCH3 is 1. The van der Waals surface area contributed by atoms with E-state index < -0.39 is 18.0 Å². The molecule has 3 aromatic rings. The van der Waals surface area contributed by atoms with Gasteiger partial charge in [-0.1, -0.05) is 42.5 Å². The summed E-state index contributed by atoms with van der Waals surface area (Å²) < 4.78 is 10.7. The van der Waals surface area contributed by atoms with Gasteiger partial charge in [0.05, 0.1) is 12.7 Å². The summed E-state index contributed by atoms with van der Waals surface area (Å²) in [6.45, 7) is 3.86. The molecule has 29 heavy (non-hydrogen) atoms. The first-order valence-electron chi connectivity index (χ1n) is 9.26. The van der Waals surface area contributed by atoms with Crippen LogP contribution in [0.1, 0.15) is 33.2 Å². The maximum absolute atomic E-state index is 13.0. The van der Waals surface area contributed by atoms with Crippen LogP contribution in [0.2, 0.25) is 0 Å². The standard InChI is InChI=1S/C24H23NO4/c1-16-9-10-17(2)21(15-16)25-23(26)22(18-7-5-4-6-8-18)29-24(27)19-11-13-20(28-3)14-12-19/h4-15,22H,1-3H3,(H,25,26)/t22-/m1/s1. The molecule has 0 spiro atoms. The molecule has 1 N–H and O–H groups in total. The van der Waals surface area contributed by atoms with Gasteiger partial charge in [-0.05, 0) is 55.3 Å². The van der Waals surface area contributed by atoms with Crippen LogP contribution in [-0.2, 0) is 9.53 Å². The van der Waals surface area contributed by atoms with Gasteiger partial charge in [-0.2, -0.15) is 0 Å². The maximum atomic E-state index is 13.0. The Morgan fingerprint density at radius 3 is 2.24 bits per heavy atom. The molecule has 1 amide bonds. The molecular formula is C24H23NO4. The third-order valence-electron chi connectivity index (χ3n) is 4.54. The number of hydrogen-bond acceptors (Lipinski definition) is 4. The van der Waals surface area contributed by atoms with Crippen molar-refractivity contribution in [3.05, 3.63) is 95.1 Å². The molecule has 148 valence electrons. The minimum absolute atomic E-state index is 0.339. The zero-order valence-corrected chi connectivity index (χ0v) is 16.6. The van der Waals surface area contributed by atoms with Crippen molar-refractivity contribution >= 4 is 17.6 Å². The van der Waals surface area contributed by atoms with E-state index in [4.69, 9.17) is 9.47 Å². The molecule has 0 aliphatic carbocycles. The molecule has 0 saturated carbocycles. The Labute approximate surface area is 170 Å². The highest BCUT2D eigenvalue weighted by molar-refractivity contribution is 5.98. The summed E-state index contributed by atoms with van der Waals surface area (Å²) >= 11 is 0. The average Bonchev–Trinajstić information content (AvgIpc) is 2.75. The number of ether oxygens (including phenoxy) is 2. The van der Waals surface area contributed by atoms with Crippen LogP contribution in [0.5, 0.6) is 5.75 Å². The SMILES string of the molecule is COc1ccc(C(=O)O[C@@H](C(=O)Nc2cc(C)ccc2C)c2ccccc2)cc1. The molecule has 0 radical (unpaired) electrons. The number of hydrogen-bond donors (Lipinski definition) is 1. The zero-order chi connectivity index (χ0) is 20.8. The normalized spacial score (nSPS) is 11.4. The van der Waals surface area contributed by atoms with Crippen LogP contribution >= 0.6 is 0 Å². The van der Waals surface area contributed by atoms with E-state index in [1.807, 2.05) is 38.1 Å². The molecule has 0 unspecified atom stereocenters. The molecule has 0 heterocycles. The van der Waals surface area contributed by atoms with Crippen molar-refractivity contribution in [2.45, 2.75) is 20.0 Å². The van der Waals surface area contributed by atoms with Crippen LogP contribution in [0.3, 0.4) is 0 Å². The number of rotatable bonds is 6. The van der Waals surface area contributed by atoms with Crippen LogP contribution < -0.4 is 10.1 Å². The number of nitrogens with one attached hydrogen (secondary N) is 1. The number of benzene rings is 3. The van der Waals surface area contributed by atoms with Crippen molar-refractivity contribution in [2.24, 2.45) is 0 Å². The van der Waals surface area contributed by atoms with Gasteiger partial charge in [-0.25, -0.2) is 4.79 Å². The van der Waals surface area contributed by atoms with E-state index in [2.05, 4.69) is 5.32 Å². The van der Waals surface area contributed by atoms with Crippen LogP contribution in [0.25, 0.3) is 0 Å². The predicted octanol–water partition coefficient (Wildman–Crippen LogP) is 4.85. The maximum Gasteiger partial charge on any atom is 0.339 e. The van der Waals surface area contributed by atoms with Crippen molar-refractivity contribution in [3.8, 4) is 5.75 Å². The van der Waals surface area contributed by atoms with Gasteiger partial charge in [0.25, 0.3) is 5.91 Å². The van der Waals surface area contributed by atoms with Crippen LogP contribution in [0, 0.1) is 13.8 Å². The number of carbonyl (C=O) groups is 2. The summed E-state index contributed by atoms with van der Waals surface area (Å²) in [6, 6.07) is 21.3. The number of amides is 1. The average molecular weight is 389 g/mol. The second-order valence-electron chi connectivity index (χ2n) is 6.73. The number of anilines is 1. The molecule has 0 aromatic heterocycles. The van der Waals surface area contributed by atoms with Gasteiger partial charge >= 0.3 is 5.97 Å². The second-order valence-corrected chi connectivity index (χ2v) is 6.73. The Bertz CT molecular complexity index is 997. The fourth-order valence-electron chi connectivity index (χ4n) is 2.87. The Morgan fingerprint density at radius 2 is 1.59 bits per heavy atom. The first kappa shape index (κ1) is 20.1. The monoisotopic (exact) mass is 389 g/mol. The lowest BCUT2D eigenvalue weighted by atomic mass is 10.1. The number of carbonyl (C=O) groups excluding carboxylic acids is 2. The van der Waals surface area contributed by atoms with E-state index in [9.17, 15) is 9.59 Å². The van der Waals surface area contributed by atoms with E-state index >= 15 is 0 Å². The van der Waals surface area contributed by atoms with Crippen molar-refractivity contribution in [2.75, 3.05) is 12.4 Å². The van der Waals surface area contributed by atoms with Gasteiger partial charge in [-0.15, -0.1) is 0 Å². The first-order valence-corrected chi connectivity index (χ1v) is 9.26. The van der Waals surface area contributed by atoms with Crippen LogP contribution in [0.4, 0.5) is 5.69 Å². The molecule has 5 heteroatoms. The highest BCUT2D eigenvalue weighted by atomic mass is 16.5. The molecule has 5 nitrogen and oxygen atoms in total. The Balaban J connectivity index is 1.85. The summed E-state index contributed by atoms with van der Waals surface area (Å²) in [5, 5.41) is 2.89. The van der Waals surface area contributed by atoms with E-state index in [0.29, 0.717) is 22.6 Å². The highest BCUT2D eigenvalue weighted by Crippen LogP contribution is 2.24. The van der Waals surface area contributed by atoms with Gasteiger partial charge in [0.15, 0.2) is 0 Å². The summed E-state index contributed by atoms with van der Waals surface area (Å²) in [5.74, 6) is -0.363. The fourth-order valence-corrected chi connectivity index (χ4v) is 2.87. The van der Waals surface area contributed by atoms with Crippen LogP contribution in [-0.4, -0.2) is 19.0 Å². The highest BCUT2D eigenvalue weighted by Gasteiger charge is 2.26. The van der Waals surface area contributed by atoms with E-state index in [1.165, 1.54) is 0 Å². The lowest BCUT2D eigenvalue weighted by Crippen LogP contribution is -2.26. The molecule has 0 aliphatic rings. The number of esters is 1. The summed E-state index contributed by atoms with van der Waals surface area (Å²) in [6.07, 6.45) is -1.08. The molecular weight excluding hydrogens is 366 g/mol. The second kappa shape index (κ2) is 9.06. The third kappa shape index (κ3) is 5.02. The summed E-state index contributed by atoms with van der Waals surface area (Å²) in [4.78, 5) is 25.7. The minimum Gasteiger partial charge on any atom is -0.497 e. The molecule has 1 atom stereocenters. The van der Waals surface area contributed by atoms with E-state index in [1.54, 1.807) is 55.6 Å². The van der Waals surface area contributed by atoms with Gasteiger partial charge in [0, 0.05) is 11.3 Å². The lowest BCUT2D eigenvalue weighted by Gasteiger charge is -2.19. The molecule has 0 saturated heterocycles. The molecule has 3 aromatic carbocycles. The minimum atomic E-state index is -1.08. The molecule has 0 fully saturated rings. The summed E-state index contributed by atoms with van der Waals surface area (Å²) in [7, 11) is 1.55. The topological polar surface area (TPSA) is 64.6 Å². The van der Waals surface area contributed by atoms with Crippen molar-refractivity contribution in [1.29, 1.82) is 0 Å². The third-order valence-corrected chi connectivity index (χ3v) is 4.54. The van der Waals surface area contributed by atoms with E-state index in [-0.39, 0.29) is 0 Å². The van der Waals surface area contributed by atoms with Gasteiger partial charge in [0.1, 0.15) is 5.75 Å². The predicted molar refractivity (Wildman–Crippen MR) is 112 cm³/mol. The van der Waals surface area contributed by atoms with E-state index in [0.717, 1.165) is 11.1 Å². The van der Waals surface area contributed by atoms with Crippen molar-refractivity contribution in [1.82, 2.24) is 0 Å².